The molecule has 0 radical (unpaired) electrons. The van der Waals surface area contributed by atoms with Gasteiger partial charge in [0.05, 0.1) is 6.33 Å². The molecule has 0 aliphatic carbocycles. The monoisotopic (exact) mass is 379 g/mol. The Morgan fingerprint density at radius 3 is 2.15 bits per heavy atom. The van der Waals surface area contributed by atoms with Gasteiger partial charge in [-0.1, -0.05) is 68.4 Å². The van der Waals surface area contributed by atoms with E-state index >= 15 is 0 Å². The number of halogens is 3. The molecule has 0 fully saturated rings. The molecule has 0 unspecified atom stereocenters. The van der Waals surface area contributed by atoms with Crippen molar-refractivity contribution in [1.29, 1.82) is 0 Å². The Balaban J connectivity index is 0.000000475. The van der Waals surface area contributed by atoms with Gasteiger partial charge in [0.15, 0.2) is 0 Å². The summed E-state index contributed by atoms with van der Waals surface area (Å²) in [6.45, 7) is 2.33. The van der Waals surface area contributed by atoms with Crippen molar-refractivity contribution in [2.75, 3.05) is 6.54 Å². The Hall–Kier alpha value is -1.97. The number of hydrogen-bond donors (Lipinski definition) is 1. The van der Waals surface area contributed by atoms with E-state index in [1.54, 1.807) is 17.7 Å². The molecule has 4 heteroatoms. The molecule has 2 aromatic carbocycles. The minimum Gasteiger partial charge on any atom is -0.327 e. The summed E-state index contributed by atoms with van der Waals surface area (Å²) in [5, 5.41) is 0. The van der Waals surface area contributed by atoms with Crippen LogP contribution in [0.4, 0.5) is 8.78 Å². The number of hydrogen-bond acceptors (Lipinski definition) is 1. The van der Waals surface area contributed by atoms with Crippen LogP contribution in [0.5, 0.6) is 0 Å². The Labute approximate surface area is 161 Å². The second-order valence-corrected chi connectivity index (χ2v) is 5.67. The highest BCUT2D eigenvalue weighted by Crippen LogP contribution is 2.17. The standard InChI is InChI=1S/C11H13F2N.C10H11Cl.CH4/c12-7-10(8-14)2-1-9-3-5-11(13)6-4-9;1-2-9(8-11)10-6-4-3-5-7-10;/h3-7H,1-2,8,14H2;3-8H,2H2,1H3;1H4/b10-7+;9-8-;. The molecule has 0 heterocycles. The third kappa shape index (κ3) is 8.93. The molecule has 2 aromatic rings. The normalized spacial score (nSPS) is 11.3. The van der Waals surface area contributed by atoms with Crippen LogP contribution in [0.15, 0.2) is 72.0 Å². The Bertz CT molecular complexity index is 664. The van der Waals surface area contributed by atoms with E-state index in [-0.39, 0.29) is 19.8 Å². The first-order valence-corrected chi connectivity index (χ1v) is 8.65. The summed E-state index contributed by atoms with van der Waals surface area (Å²) < 4.78 is 24.6. The molecule has 0 spiro atoms. The molecular formula is C22H28ClF2N. The van der Waals surface area contributed by atoms with E-state index in [1.807, 2.05) is 18.2 Å². The highest BCUT2D eigenvalue weighted by molar-refractivity contribution is 6.28. The maximum absolute atomic E-state index is 12.5. The first-order chi connectivity index (χ1) is 12.1. The zero-order chi connectivity index (χ0) is 18.5. The summed E-state index contributed by atoms with van der Waals surface area (Å²) in [4.78, 5) is 0. The maximum atomic E-state index is 12.5. The lowest BCUT2D eigenvalue weighted by Gasteiger charge is -2.02. The number of allylic oxidation sites excluding steroid dienone is 1. The van der Waals surface area contributed by atoms with Crippen LogP contribution in [0.3, 0.4) is 0 Å². The van der Waals surface area contributed by atoms with Crippen LogP contribution in [-0.4, -0.2) is 6.54 Å². The van der Waals surface area contributed by atoms with Crippen molar-refractivity contribution in [1.82, 2.24) is 0 Å². The maximum Gasteiger partial charge on any atom is 0.123 e. The lowest BCUT2D eigenvalue weighted by Crippen LogP contribution is -2.03. The van der Waals surface area contributed by atoms with Crippen molar-refractivity contribution in [3.05, 3.63) is 89.0 Å². The van der Waals surface area contributed by atoms with E-state index in [1.165, 1.54) is 23.3 Å². The molecular weight excluding hydrogens is 352 g/mol. The summed E-state index contributed by atoms with van der Waals surface area (Å²) in [6, 6.07) is 16.4. The van der Waals surface area contributed by atoms with Crippen LogP contribution < -0.4 is 5.73 Å². The van der Waals surface area contributed by atoms with Gasteiger partial charge in [0.2, 0.25) is 0 Å². The van der Waals surface area contributed by atoms with Crippen molar-refractivity contribution in [3.63, 3.8) is 0 Å². The fraction of sp³-hybridized carbons (Fsp3) is 0.273. The molecule has 0 bridgehead atoms. The lowest BCUT2D eigenvalue weighted by molar-refractivity contribution is 0.626. The van der Waals surface area contributed by atoms with Crippen LogP contribution in [0.2, 0.25) is 0 Å². The first-order valence-electron chi connectivity index (χ1n) is 8.21. The quantitative estimate of drug-likeness (QED) is 0.581. The van der Waals surface area contributed by atoms with Gasteiger partial charge in [-0.15, -0.1) is 0 Å². The molecule has 0 atom stereocenters. The number of rotatable bonds is 6. The van der Waals surface area contributed by atoms with Gasteiger partial charge in [0.1, 0.15) is 5.82 Å². The first kappa shape index (κ1) is 24.0. The number of benzene rings is 2. The van der Waals surface area contributed by atoms with Gasteiger partial charge in [0, 0.05) is 12.1 Å². The van der Waals surface area contributed by atoms with Crippen LogP contribution in [0.1, 0.15) is 38.3 Å². The topological polar surface area (TPSA) is 26.0 Å². The fourth-order valence-corrected chi connectivity index (χ4v) is 2.43. The molecule has 1 nitrogen and oxygen atoms in total. The molecule has 26 heavy (non-hydrogen) atoms. The highest BCUT2D eigenvalue weighted by Gasteiger charge is 1.98. The number of nitrogens with two attached hydrogens (primary N) is 1. The average Bonchev–Trinajstić information content (AvgIpc) is 2.66. The van der Waals surface area contributed by atoms with Crippen LogP contribution in [0.25, 0.3) is 5.57 Å². The van der Waals surface area contributed by atoms with Gasteiger partial charge in [-0.2, -0.15) is 0 Å². The van der Waals surface area contributed by atoms with Crippen LogP contribution in [-0.2, 0) is 6.42 Å². The smallest absolute Gasteiger partial charge is 0.123 e. The van der Waals surface area contributed by atoms with E-state index in [0.717, 1.165) is 12.0 Å². The molecule has 2 rings (SSSR count). The molecule has 0 aliphatic rings. The molecule has 0 saturated carbocycles. The Morgan fingerprint density at radius 1 is 1.08 bits per heavy atom. The summed E-state index contributed by atoms with van der Waals surface area (Å²) in [7, 11) is 0. The van der Waals surface area contributed by atoms with Gasteiger partial charge in [-0.25, -0.2) is 8.78 Å². The zero-order valence-corrected chi connectivity index (χ0v) is 15.1. The minimum atomic E-state index is -0.256. The van der Waals surface area contributed by atoms with E-state index in [4.69, 9.17) is 17.3 Å². The molecule has 142 valence electrons. The van der Waals surface area contributed by atoms with Crippen molar-refractivity contribution in [3.8, 4) is 0 Å². The summed E-state index contributed by atoms with van der Waals surface area (Å²) in [5.41, 5.74) is 10.9. The summed E-state index contributed by atoms with van der Waals surface area (Å²) in [6.07, 6.45) is 2.79. The third-order valence-electron chi connectivity index (χ3n) is 3.72. The molecule has 0 aromatic heterocycles. The predicted molar refractivity (Wildman–Crippen MR) is 110 cm³/mol. The second-order valence-electron chi connectivity index (χ2n) is 5.45. The van der Waals surface area contributed by atoms with Crippen LogP contribution >= 0.6 is 11.6 Å². The summed E-state index contributed by atoms with van der Waals surface area (Å²) >= 11 is 5.64. The van der Waals surface area contributed by atoms with E-state index < -0.39 is 0 Å². The van der Waals surface area contributed by atoms with Gasteiger partial charge in [0.25, 0.3) is 0 Å². The SMILES string of the molecule is C.CC/C(=C/Cl)c1ccccc1.NC/C(=C/F)CCc1ccc(F)cc1. The van der Waals surface area contributed by atoms with Gasteiger partial charge < -0.3 is 5.73 Å². The van der Waals surface area contributed by atoms with Crippen LogP contribution in [0, 0.1) is 5.82 Å². The lowest BCUT2D eigenvalue weighted by atomic mass is 10.1. The number of aryl methyl sites for hydroxylation is 1. The van der Waals surface area contributed by atoms with Gasteiger partial charge in [-0.3, -0.25) is 0 Å². The highest BCUT2D eigenvalue weighted by atomic mass is 35.5. The van der Waals surface area contributed by atoms with Gasteiger partial charge >= 0.3 is 0 Å². The largest absolute Gasteiger partial charge is 0.327 e. The zero-order valence-electron chi connectivity index (χ0n) is 14.4. The Kier molecular flexibility index (Phi) is 13.1. The predicted octanol–water partition coefficient (Wildman–Crippen LogP) is 6.88. The fourth-order valence-electron chi connectivity index (χ4n) is 2.15. The van der Waals surface area contributed by atoms with Gasteiger partial charge in [-0.05, 0) is 53.7 Å². The average molecular weight is 380 g/mol. The van der Waals surface area contributed by atoms with Crippen molar-refractivity contribution >= 4 is 17.2 Å². The molecule has 2 N–H and O–H groups in total. The van der Waals surface area contributed by atoms with E-state index in [0.29, 0.717) is 24.7 Å². The summed E-state index contributed by atoms with van der Waals surface area (Å²) in [5.74, 6) is -0.256. The van der Waals surface area contributed by atoms with Crippen molar-refractivity contribution < 1.29 is 8.78 Å². The van der Waals surface area contributed by atoms with Crippen molar-refractivity contribution in [2.24, 2.45) is 5.73 Å². The van der Waals surface area contributed by atoms with Crippen molar-refractivity contribution in [2.45, 2.75) is 33.6 Å². The molecule has 0 aliphatic heterocycles. The van der Waals surface area contributed by atoms with E-state index in [9.17, 15) is 8.78 Å². The minimum absolute atomic E-state index is 0. The molecule has 0 saturated heterocycles. The van der Waals surface area contributed by atoms with E-state index in [2.05, 4.69) is 19.1 Å². The molecule has 0 amide bonds. The second kappa shape index (κ2) is 14.2. The Morgan fingerprint density at radius 2 is 1.69 bits per heavy atom. The third-order valence-corrected chi connectivity index (χ3v) is 3.99.